The summed E-state index contributed by atoms with van der Waals surface area (Å²) in [4.78, 5) is 0. The van der Waals surface area contributed by atoms with E-state index >= 15 is 0 Å². The van der Waals surface area contributed by atoms with Gasteiger partial charge in [0.2, 0.25) is 0 Å². The maximum Gasteiger partial charge on any atom is 0.173 e. The summed E-state index contributed by atoms with van der Waals surface area (Å²) in [5, 5.41) is 0. The molecule has 0 spiro atoms. The fourth-order valence-electron chi connectivity index (χ4n) is 2.40. The summed E-state index contributed by atoms with van der Waals surface area (Å²) in [6.07, 6.45) is 0. The zero-order valence-electron chi connectivity index (χ0n) is 12.1. The number of hydrogen-bond acceptors (Lipinski definition) is 2. The van der Waals surface area contributed by atoms with Crippen molar-refractivity contribution in [3.8, 4) is 0 Å². The Morgan fingerprint density at radius 3 is 2.24 bits per heavy atom. The second-order valence-corrected chi connectivity index (χ2v) is 5.95. The summed E-state index contributed by atoms with van der Waals surface area (Å²) >= 11 is 3.12. The average Bonchev–Trinajstić information content (AvgIpc) is 2.44. The highest BCUT2D eigenvalue weighted by Gasteiger charge is 2.21. The molecule has 0 aliphatic heterocycles. The van der Waals surface area contributed by atoms with Crippen molar-refractivity contribution in [2.24, 2.45) is 5.84 Å². The Bertz CT molecular complexity index is 684. The van der Waals surface area contributed by atoms with Crippen molar-refractivity contribution in [2.75, 3.05) is 0 Å². The van der Waals surface area contributed by atoms with Gasteiger partial charge in [-0.05, 0) is 70.6 Å². The number of aryl methyl sites for hydroxylation is 3. The SMILES string of the molecule is Cc1cc(C)c(C(NN)c2ccc(F)c(F)c2Br)cc1C. The van der Waals surface area contributed by atoms with Crippen LogP contribution in [0.3, 0.4) is 0 Å². The van der Waals surface area contributed by atoms with Crippen LogP contribution in [-0.2, 0) is 0 Å². The van der Waals surface area contributed by atoms with E-state index in [0.717, 1.165) is 22.8 Å². The van der Waals surface area contributed by atoms with Gasteiger partial charge in [0.1, 0.15) is 0 Å². The molecule has 1 unspecified atom stereocenters. The van der Waals surface area contributed by atoms with E-state index in [9.17, 15) is 8.78 Å². The van der Waals surface area contributed by atoms with Gasteiger partial charge in [-0.3, -0.25) is 5.84 Å². The van der Waals surface area contributed by atoms with Gasteiger partial charge in [0, 0.05) is 0 Å². The van der Waals surface area contributed by atoms with Crippen molar-refractivity contribution in [3.05, 3.63) is 68.2 Å². The minimum atomic E-state index is -0.908. The third kappa shape index (κ3) is 3.00. The van der Waals surface area contributed by atoms with Crippen LogP contribution >= 0.6 is 15.9 Å². The Balaban J connectivity index is 2.60. The molecule has 2 aromatic carbocycles. The first-order valence-electron chi connectivity index (χ1n) is 6.54. The fraction of sp³-hybridized carbons (Fsp3) is 0.250. The van der Waals surface area contributed by atoms with Crippen LogP contribution in [0.1, 0.15) is 33.9 Å². The molecule has 2 rings (SSSR count). The summed E-state index contributed by atoms with van der Waals surface area (Å²) in [7, 11) is 0. The van der Waals surface area contributed by atoms with Gasteiger partial charge in [-0.25, -0.2) is 14.2 Å². The van der Waals surface area contributed by atoms with E-state index in [4.69, 9.17) is 5.84 Å². The number of nitrogens with one attached hydrogen (secondary N) is 1. The number of benzene rings is 2. The molecular formula is C16H17BrF2N2. The van der Waals surface area contributed by atoms with Crippen molar-refractivity contribution in [1.82, 2.24) is 5.43 Å². The number of hydrogen-bond donors (Lipinski definition) is 2. The predicted octanol–water partition coefficient (Wildman–Crippen LogP) is 4.21. The van der Waals surface area contributed by atoms with Gasteiger partial charge in [0.15, 0.2) is 11.6 Å². The maximum absolute atomic E-state index is 13.8. The van der Waals surface area contributed by atoms with Crippen LogP contribution in [0.5, 0.6) is 0 Å². The minimum Gasteiger partial charge on any atom is -0.271 e. The van der Waals surface area contributed by atoms with Crippen LogP contribution in [0.25, 0.3) is 0 Å². The van der Waals surface area contributed by atoms with Crippen LogP contribution in [0.2, 0.25) is 0 Å². The highest BCUT2D eigenvalue weighted by Crippen LogP contribution is 2.33. The fourth-order valence-corrected chi connectivity index (χ4v) is 2.96. The molecule has 0 heterocycles. The van der Waals surface area contributed by atoms with E-state index in [-0.39, 0.29) is 4.47 Å². The molecule has 0 fully saturated rings. The van der Waals surface area contributed by atoms with Gasteiger partial charge in [-0.15, -0.1) is 0 Å². The standard InChI is InChI=1S/C16H17BrF2N2/c1-8-6-10(3)12(7-9(8)2)16(21-20)11-4-5-13(18)15(19)14(11)17/h4-7,16,21H,20H2,1-3H3. The molecular weight excluding hydrogens is 338 g/mol. The summed E-state index contributed by atoms with van der Waals surface area (Å²) in [5.41, 5.74) is 7.52. The van der Waals surface area contributed by atoms with Crippen LogP contribution in [0, 0.1) is 32.4 Å². The van der Waals surface area contributed by atoms with Crippen molar-refractivity contribution in [3.63, 3.8) is 0 Å². The minimum absolute atomic E-state index is 0.0862. The summed E-state index contributed by atoms with van der Waals surface area (Å²) in [6, 6.07) is 6.29. The Morgan fingerprint density at radius 2 is 1.62 bits per heavy atom. The Morgan fingerprint density at radius 1 is 1.00 bits per heavy atom. The zero-order valence-corrected chi connectivity index (χ0v) is 13.7. The molecule has 2 aromatic rings. The molecule has 1 atom stereocenters. The van der Waals surface area contributed by atoms with Gasteiger partial charge in [-0.1, -0.05) is 18.2 Å². The Labute approximate surface area is 131 Å². The lowest BCUT2D eigenvalue weighted by molar-refractivity contribution is 0.498. The topological polar surface area (TPSA) is 38.0 Å². The molecule has 0 saturated carbocycles. The lowest BCUT2D eigenvalue weighted by Crippen LogP contribution is -2.30. The quantitative estimate of drug-likeness (QED) is 0.492. The normalized spacial score (nSPS) is 12.5. The lowest BCUT2D eigenvalue weighted by atomic mass is 9.92. The first-order valence-corrected chi connectivity index (χ1v) is 7.33. The van der Waals surface area contributed by atoms with E-state index in [0.29, 0.717) is 5.56 Å². The highest BCUT2D eigenvalue weighted by atomic mass is 79.9. The summed E-state index contributed by atoms with van der Waals surface area (Å²) < 4.78 is 27.1. The average molecular weight is 355 g/mol. The monoisotopic (exact) mass is 354 g/mol. The van der Waals surface area contributed by atoms with Crippen LogP contribution < -0.4 is 11.3 Å². The lowest BCUT2D eigenvalue weighted by Gasteiger charge is -2.22. The largest absolute Gasteiger partial charge is 0.271 e. The van der Waals surface area contributed by atoms with Crippen molar-refractivity contribution >= 4 is 15.9 Å². The predicted molar refractivity (Wildman–Crippen MR) is 83.9 cm³/mol. The number of halogens is 3. The third-order valence-electron chi connectivity index (χ3n) is 3.74. The van der Waals surface area contributed by atoms with E-state index < -0.39 is 17.7 Å². The third-order valence-corrected chi connectivity index (χ3v) is 4.54. The summed E-state index contributed by atoms with van der Waals surface area (Å²) in [6.45, 7) is 6.01. The molecule has 0 aliphatic carbocycles. The zero-order chi connectivity index (χ0) is 15.7. The van der Waals surface area contributed by atoms with E-state index in [1.54, 1.807) is 0 Å². The highest BCUT2D eigenvalue weighted by molar-refractivity contribution is 9.10. The van der Waals surface area contributed by atoms with Crippen LogP contribution in [-0.4, -0.2) is 0 Å². The number of nitrogens with two attached hydrogens (primary N) is 1. The van der Waals surface area contributed by atoms with Crippen molar-refractivity contribution < 1.29 is 8.78 Å². The summed E-state index contributed by atoms with van der Waals surface area (Å²) in [5.74, 6) is 3.87. The molecule has 2 nitrogen and oxygen atoms in total. The Kier molecular flexibility index (Phi) is 4.76. The second-order valence-electron chi connectivity index (χ2n) is 5.16. The van der Waals surface area contributed by atoms with Gasteiger partial charge >= 0.3 is 0 Å². The molecule has 0 amide bonds. The van der Waals surface area contributed by atoms with Gasteiger partial charge in [0.05, 0.1) is 10.5 Å². The maximum atomic E-state index is 13.8. The van der Waals surface area contributed by atoms with E-state index in [1.165, 1.54) is 11.6 Å². The molecule has 0 bridgehead atoms. The van der Waals surface area contributed by atoms with Gasteiger partial charge in [-0.2, -0.15) is 0 Å². The second kappa shape index (κ2) is 6.22. The molecule has 5 heteroatoms. The van der Waals surface area contributed by atoms with E-state index in [2.05, 4.69) is 27.4 Å². The number of rotatable bonds is 3. The molecule has 0 aliphatic rings. The smallest absolute Gasteiger partial charge is 0.173 e. The van der Waals surface area contributed by atoms with Crippen molar-refractivity contribution in [1.29, 1.82) is 0 Å². The van der Waals surface area contributed by atoms with Crippen LogP contribution in [0.15, 0.2) is 28.7 Å². The van der Waals surface area contributed by atoms with E-state index in [1.807, 2.05) is 26.8 Å². The number of hydrazine groups is 1. The first kappa shape index (κ1) is 16.1. The van der Waals surface area contributed by atoms with Gasteiger partial charge < -0.3 is 0 Å². The first-order chi connectivity index (χ1) is 9.86. The molecule has 112 valence electrons. The van der Waals surface area contributed by atoms with Crippen LogP contribution in [0.4, 0.5) is 8.78 Å². The molecule has 21 heavy (non-hydrogen) atoms. The molecule has 0 saturated heterocycles. The Hall–Kier alpha value is -1.30. The molecule has 0 radical (unpaired) electrons. The molecule has 3 N–H and O–H groups in total. The van der Waals surface area contributed by atoms with Gasteiger partial charge in [0.25, 0.3) is 0 Å². The molecule has 0 aromatic heterocycles. The van der Waals surface area contributed by atoms with Crippen molar-refractivity contribution in [2.45, 2.75) is 26.8 Å².